The van der Waals surface area contributed by atoms with Gasteiger partial charge in [-0.3, -0.25) is 5.01 Å². The lowest BCUT2D eigenvalue weighted by molar-refractivity contribution is 0.216. The lowest BCUT2D eigenvalue weighted by Crippen LogP contribution is -2.49. The van der Waals surface area contributed by atoms with Crippen molar-refractivity contribution in [1.29, 1.82) is 0 Å². The van der Waals surface area contributed by atoms with Crippen LogP contribution in [0.25, 0.3) is 5.69 Å². The summed E-state index contributed by atoms with van der Waals surface area (Å²) in [4.78, 5) is 12.2. The summed E-state index contributed by atoms with van der Waals surface area (Å²) in [6, 6.07) is 10.9. The molecule has 152 valence electrons. The number of carbonyl (C=O) groups excluding carboxylic acids is 1. The molecule has 8 nitrogen and oxygen atoms in total. The second-order valence-electron chi connectivity index (χ2n) is 7.04. The lowest BCUT2D eigenvalue weighted by atomic mass is 10.1. The number of aromatic nitrogens is 2. The molecule has 4 N–H and O–H groups in total. The van der Waals surface area contributed by atoms with Crippen LogP contribution in [0.4, 0.5) is 10.5 Å². The van der Waals surface area contributed by atoms with E-state index in [0.29, 0.717) is 5.69 Å². The van der Waals surface area contributed by atoms with Crippen molar-refractivity contribution < 1.29 is 9.53 Å². The molecule has 0 aliphatic heterocycles. The maximum atomic E-state index is 12.2. The number of nitrogens with zero attached hydrogens (tertiary/aromatic N) is 4. The van der Waals surface area contributed by atoms with Crippen LogP contribution in [0.15, 0.2) is 48.8 Å². The first-order chi connectivity index (χ1) is 13.8. The van der Waals surface area contributed by atoms with Crippen molar-refractivity contribution in [1.82, 2.24) is 14.8 Å². The Morgan fingerprint density at radius 2 is 1.90 bits per heavy atom. The normalized spacial score (nSPS) is 10.7. The van der Waals surface area contributed by atoms with Crippen molar-refractivity contribution in [2.45, 2.75) is 27.4 Å². The Morgan fingerprint density at radius 3 is 2.52 bits per heavy atom. The predicted molar refractivity (Wildman–Crippen MR) is 113 cm³/mol. The second-order valence-corrected chi connectivity index (χ2v) is 7.04. The van der Waals surface area contributed by atoms with E-state index in [4.69, 9.17) is 16.4 Å². The zero-order valence-electron chi connectivity index (χ0n) is 17.1. The van der Waals surface area contributed by atoms with Crippen molar-refractivity contribution in [3.63, 3.8) is 0 Å². The van der Waals surface area contributed by atoms with Gasteiger partial charge in [0.05, 0.1) is 17.6 Å². The smallest absolute Gasteiger partial charge is 0.352 e. The quantitative estimate of drug-likeness (QED) is 0.393. The van der Waals surface area contributed by atoms with Gasteiger partial charge in [0.1, 0.15) is 12.4 Å². The standard InChI is InChI=1S/C21H26N6O2/c1-14-11-24-26(12-14)17-8-9-20(16(3)10-17)29-13-18-15(2)6-5-7-19(18)27(23)21(28)25(4)22/h5-12H,13,22-23H2,1-4H3. The number of hydrogen-bond donors (Lipinski definition) is 2. The summed E-state index contributed by atoms with van der Waals surface area (Å²) in [5.74, 6) is 12.3. The Morgan fingerprint density at radius 1 is 1.14 bits per heavy atom. The number of anilines is 1. The van der Waals surface area contributed by atoms with Gasteiger partial charge >= 0.3 is 6.03 Å². The van der Waals surface area contributed by atoms with E-state index in [0.717, 1.165) is 43.7 Å². The average Bonchev–Trinajstić information content (AvgIpc) is 3.12. The average molecular weight is 394 g/mol. The van der Waals surface area contributed by atoms with E-state index >= 15 is 0 Å². The van der Waals surface area contributed by atoms with E-state index in [1.807, 2.05) is 68.2 Å². The molecular weight excluding hydrogens is 368 g/mol. The number of nitrogens with two attached hydrogens (primary N) is 2. The van der Waals surface area contributed by atoms with Gasteiger partial charge in [-0.15, -0.1) is 0 Å². The number of hydrazine groups is 2. The molecule has 1 aromatic heterocycles. The first-order valence-electron chi connectivity index (χ1n) is 9.18. The molecule has 2 aromatic carbocycles. The monoisotopic (exact) mass is 394 g/mol. The summed E-state index contributed by atoms with van der Waals surface area (Å²) < 4.78 is 7.89. The molecule has 0 radical (unpaired) electrons. The molecule has 29 heavy (non-hydrogen) atoms. The van der Waals surface area contributed by atoms with Gasteiger partial charge in [-0.05, 0) is 61.7 Å². The fourth-order valence-corrected chi connectivity index (χ4v) is 3.02. The highest BCUT2D eigenvalue weighted by Crippen LogP contribution is 2.27. The van der Waals surface area contributed by atoms with Gasteiger partial charge in [-0.25, -0.2) is 26.2 Å². The van der Waals surface area contributed by atoms with Crippen LogP contribution in [-0.4, -0.2) is 27.9 Å². The zero-order valence-corrected chi connectivity index (χ0v) is 17.1. The Bertz CT molecular complexity index is 1030. The highest BCUT2D eigenvalue weighted by Gasteiger charge is 2.19. The van der Waals surface area contributed by atoms with Gasteiger partial charge in [-0.1, -0.05) is 12.1 Å². The molecule has 0 spiro atoms. The summed E-state index contributed by atoms with van der Waals surface area (Å²) in [6.07, 6.45) is 3.79. The topological polar surface area (TPSA) is 103 Å². The minimum absolute atomic E-state index is 0.262. The SMILES string of the molecule is Cc1cnn(-c2ccc(OCc3c(C)cccc3N(N)C(=O)N(C)N)c(C)c2)c1. The molecule has 0 aliphatic rings. The maximum Gasteiger partial charge on any atom is 0.352 e. The fraction of sp³-hybridized carbons (Fsp3) is 0.238. The van der Waals surface area contributed by atoms with Gasteiger partial charge in [0.2, 0.25) is 0 Å². The van der Waals surface area contributed by atoms with Crippen LogP contribution in [0, 0.1) is 20.8 Å². The Kier molecular flexibility index (Phi) is 5.86. The number of hydrogen-bond acceptors (Lipinski definition) is 5. The van der Waals surface area contributed by atoms with Crippen molar-refractivity contribution in [2.24, 2.45) is 11.7 Å². The van der Waals surface area contributed by atoms with E-state index in [1.165, 1.54) is 7.05 Å². The van der Waals surface area contributed by atoms with E-state index in [2.05, 4.69) is 5.10 Å². The van der Waals surface area contributed by atoms with Crippen LogP contribution in [0.3, 0.4) is 0 Å². The summed E-state index contributed by atoms with van der Waals surface area (Å²) in [5.41, 5.74) is 5.37. The van der Waals surface area contributed by atoms with Crippen molar-refractivity contribution in [3.05, 3.63) is 71.0 Å². The molecule has 1 heterocycles. The molecule has 0 aliphatic carbocycles. The number of carbonyl (C=O) groups is 1. The Labute approximate surface area is 170 Å². The summed E-state index contributed by atoms with van der Waals surface area (Å²) in [5, 5.41) is 6.30. The lowest BCUT2D eigenvalue weighted by Gasteiger charge is -2.24. The molecule has 0 bridgehead atoms. The van der Waals surface area contributed by atoms with Crippen molar-refractivity contribution in [3.8, 4) is 11.4 Å². The van der Waals surface area contributed by atoms with Crippen molar-refractivity contribution >= 4 is 11.7 Å². The van der Waals surface area contributed by atoms with Crippen LogP contribution in [-0.2, 0) is 6.61 Å². The summed E-state index contributed by atoms with van der Waals surface area (Å²) >= 11 is 0. The van der Waals surface area contributed by atoms with E-state index in [1.54, 1.807) is 6.07 Å². The predicted octanol–water partition coefficient (Wildman–Crippen LogP) is 2.98. The maximum absolute atomic E-state index is 12.2. The third-order valence-corrected chi connectivity index (χ3v) is 4.66. The van der Waals surface area contributed by atoms with Crippen LogP contribution in [0.2, 0.25) is 0 Å². The number of urea groups is 1. The number of ether oxygens (including phenoxy) is 1. The molecule has 0 unspecified atom stereocenters. The summed E-state index contributed by atoms with van der Waals surface area (Å²) in [6.45, 7) is 6.19. The first-order valence-corrected chi connectivity index (χ1v) is 9.18. The van der Waals surface area contributed by atoms with Crippen LogP contribution < -0.4 is 21.4 Å². The highest BCUT2D eigenvalue weighted by molar-refractivity contribution is 5.91. The Balaban J connectivity index is 1.82. The van der Waals surface area contributed by atoms with Crippen LogP contribution in [0.1, 0.15) is 22.3 Å². The van der Waals surface area contributed by atoms with E-state index < -0.39 is 6.03 Å². The number of rotatable bonds is 5. The molecule has 3 aromatic rings. The molecule has 2 amide bonds. The molecule has 0 fully saturated rings. The molecule has 0 saturated heterocycles. The number of aryl methyl sites for hydroxylation is 3. The minimum atomic E-state index is -0.521. The molecule has 8 heteroatoms. The van der Waals surface area contributed by atoms with Crippen molar-refractivity contribution in [2.75, 3.05) is 12.1 Å². The van der Waals surface area contributed by atoms with Gasteiger partial charge in [0.25, 0.3) is 0 Å². The molecule has 0 atom stereocenters. The van der Waals surface area contributed by atoms with E-state index in [-0.39, 0.29) is 6.61 Å². The minimum Gasteiger partial charge on any atom is -0.489 e. The molecular formula is C21H26N6O2. The summed E-state index contributed by atoms with van der Waals surface area (Å²) in [7, 11) is 1.44. The largest absolute Gasteiger partial charge is 0.489 e. The third-order valence-electron chi connectivity index (χ3n) is 4.66. The van der Waals surface area contributed by atoms with Gasteiger partial charge in [0, 0.05) is 18.8 Å². The van der Waals surface area contributed by atoms with Crippen LogP contribution in [0.5, 0.6) is 5.75 Å². The first kappa shape index (κ1) is 20.4. The van der Waals surface area contributed by atoms with E-state index in [9.17, 15) is 4.79 Å². The van der Waals surface area contributed by atoms with Gasteiger partial charge in [0.15, 0.2) is 0 Å². The second kappa shape index (κ2) is 8.34. The molecule has 0 saturated carbocycles. The Hall–Kier alpha value is -3.36. The third kappa shape index (κ3) is 4.39. The highest BCUT2D eigenvalue weighted by atomic mass is 16.5. The van der Waals surface area contributed by atoms with Gasteiger partial charge in [-0.2, -0.15) is 5.10 Å². The zero-order chi connectivity index (χ0) is 21.1. The van der Waals surface area contributed by atoms with Gasteiger partial charge < -0.3 is 4.74 Å². The van der Waals surface area contributed by atoms with Crippen LogP contribution >= 0.6 is 0 Å². The molecule has 3 rings (SSSR count). The number of amides is 2. The number of benzene rings is 2. The fourth-order valence-electron chi connectivity index (χ4n) is 3.02.